The van der Waals surface area contributed by atoms with Crippen LogP contribution in [0.3, 0.4) is 0 Å². The van der Waals surface area contributed by atoms with Crippen LogP contribution in [-0.4, -0.2) is 56.1 Å². The average molecular weight is 566 g/mol. The van der Waals surface area contributed by atoms with Crippen LogP contribution >= 0.6 is 11.3 Å². The molecule has 39 heavy (non-hydrogen) atoms. The normalized spacial score (nSPS) is 14.6. The van der Waals surface area contributed by atoms with Gasteiger partial charge in [-0.2, -0.15) is 13.2 Å². The van der Waals surface area contributed by atoms with E-state index in [1.165, 1.54) is 24.0 Å². The van der Waals surface area contributed by atoms with Gasteiger partial charge in [0.05, 0.1) is 23.2 Å². The number of rotatable bonds is 8. The SMILES string of the molecule is Cc1c(C(=O)N2CCC(CC(=O)O)CC2)sc2c1c(=O)n(CC(=O)c1ccccc1)c(=O)n2CCC(F)(F)F. The number of carbonyl (C=O) groups is 3. The van der Waals surface area contributed by atoms with Crippen LogP contribution in [-0.2, 0) is 17.9 Å². The maximum Gasteiger partial charge on any atom is 0.390 e. The molecule has 1 aliphatic heterocycles. The molecule has 1 saturated heterocycles. The number of aromatic nitrogens is 2. The van der Waals surface area contributed by atoms with Gasteiger partial charge in [-0.15, -0.1) is 11.3 Å². The molecule has 13 heteroatoms. The average Bonchev–Trinajstić information content (AvgIpc) is 3.22. The molecule has 1 amide bonds. The third-order valence-electron chi connectivity index (χ3n) is 6.87. The first-order chi connectivity index (χ1) is 18.4. The van der Waals surface area contributed by atoms with Crippen molar-refractivity contribution in [3.05, 3.63) is 67.2 Å². The van der Waals surface area contributed by atoms with Crippen LogP contribution < -0.4 is 11.2 Å². The maximum atomic E-state index is 13.4. The number of likely N-dealkylation sites (tertiary alicyclic amines) is 1. The van der Waals surface area contributed by atoms with E-state index < -0.39 is 54.6 Å². The minimum atomic E-state index is -4.59. The van der Waals surface area contributed by atoms with E-state index in [0.717, 1.165) is 15.9 Å². The lowest BCUT2D eigenvalue weighted by Crippen LogP contribution is -2.42. The van der Waals surface area contributed by atoms with E-state index in [1.807, 2.05) is 0 Å². The second-order valence-corrected chi connectivity index (χ2v) is 10.5. The summed E-state index contributed by atoms with van der Waals surface area (Å²) in [6.07, 6.45) is -4.97. The minimum Gasteiger partial charge on any atom is -0.481 e. The van der Waals surface area contributed by atoms with Gasteiger partial charge in [-0.1, -0.05) is 30.3 Å². The van der Waals surface area contributed by atoms with Gasteiger partial charge in [-0.25, -0.2) is 4.79 Å². The summed E-state index contributed by atoms with van der Waals surface area (Å²) in [4.78, 5) is 65.5. The van der Waals surface area contributed by atoms with Crippen molar-refractivity contribution in [2.45, 2.75) is 51.9 Å². The van der Waals surface area contributed by atoms with Crippen LogP contribution in [0.25, 0.3) is 10.2 Å². The van der Waals surface area contributed by atoms with Crippen LogP contribution in [0.4, 0.5) is 13.2 Å². The number of ketones is 1. The van der Waals surface area contributed by atoms with Crippen LogP contribution in [0.15, 0.2) is 39.9 Å². The zero-order valence-corrected chi connectivity index (χ0v) is 21.8. The van der Waals surface area contributed by atoms with E-state index in [4.69, 9.17) is 5.11 Å². The number of halogens is 3. The van der Waals surface area contributed by atoms with Gasteiger partial charge in [-0.05, 0) is 31.2 Å². The number of alkyl halides is 3. The van der Waals surface area contributed by atoms with E-state index in [-0.39, 0.29) is 38.6 Å². The number of carboxylic acid groups (broad SMARTS) is 1. The second-order valence-electron chi connectivity index (χ2n) is 9.55. The number of nitrogens with zero attached hydrogens (tertiary/aromatic N) is 3. The van der Waals surface area contributed by atoms with Crippen LogP contribution in [0, 0.1) is 12.8 Å². The van der Waals surface area contributed by atoms with Crippen LogP contribution in [0.5, 0.6) is 0 Å². The monoisotopic (exact) mass is 565 g/mol. The van der Waals surface area contributed by atoms with Gasteiger partial charge in [-0.3, -0.25) is 28.3 Å². The van der Waals surface area contributed by atoms with Crippen molar-refractivity contribution < 1.29 is 32.7 Å². The Hall–Kier alpha value is -3.74. The van der Waals surface area contributed by atoms with E-state index in [9.17, 15) is 37.1 Å². The summed E-state index contributed by atoms with van der Waals surface area (Å²) < 4.78 is 40.8. The molecular weight excluding hydrogens is 539 g/mol. The van der Waals surface area contributed by atoms with E-state index >= 15 is 0 Å². The number of carbonyl (C=O) groups excluding carboxylic acids is 2. The Kier molecular flexibility index (Phi) is 8.09. The van der Waals surface area contributed by atoms with Crippen LogP contribution in [0.2, 0.25) is 0 Å². The van der Waals surface area contributed by atoms with Gasteiger partial charge >= 0.3 is 17.8 Å². The number of hydrogen-bond acceptors (Lipinski definition) is 6. The highest BCUT2D eigenvalue weighted by Crippen LogP contribution is 2.31. The molecule has 2 aromatic heterocycles. The van der Waals surface area contributed by atoms with Gasteiger partial charge in [0.2, 0.25) is 0 Å². The summed E-state index contributed by atoms with van der Waals surface area (Å²) >= 11 is 0.779. The zero-order valence-electron chi connectivity index (χ0n) is 21.0. The maximum absolute atomic E-state index is 13.4. The van der Waals surface area contributed by atoms with E-state index in [2.05, 4.69) is 0 Å². The summed E-state index contributed by atoms with van der Waals surface area (Å²) in [5, 5.41) is 8.94. The lowest BCUT2D eigenvalue weighted by Gasteiger charge is -2.31. The van der Waals surface area contributed by atoms with E-state index in [0.29, 0.717) is 30.5 Å². The standard InChI is InChI=1S/C26H26F3N3O6S/c1-15-20-22(36)32(14-18(33)17-5-3-2-4-6-17)25(38)31(12-9-26(27,28)29)24(20)39-21(15)23(37)30-10-7-16(8-11-30)13-19(34)35/h2-6,16H,7-14H2,1H3,(H,34,35). The van der Waals surface area contributed by atoms with Gasteiger partial charge in [0.15, 0.2) is 5.78 Å². The molecule has 0 spiro atoms. The molecule has 1 fully saturated rings. The Bertz CT molecular complexity index is 1530. The Morgan fingerprint density at radius 2 is 1.69 bits per heavy atom. The molecule has 1 N–H and O–H groups in total. The molecule has 1 aliphatic rings. The summed E-state index contributed by atoms with van der Waals surface area (Å²) in [7, 11) is 0. The van der Waals surface area contributed by atoms with Crippen molar-refractivity contribution in [1.29, 1.82) is 0 Å². The first-order valence-electron chi connectivity index (χ1n) is 12.3. The molecular formula is C26H26F3N3O6S. The highest BCUT2D eigenvalue weighted by atomic mass is 32.1. The third kappa shape index (κ3) is 6.13. The molecule has 0 atom stereocenters. The number of carboxylic acids is 1. The number of amides is 1. The Labute approximate surface area is 224 Å². The topological polar surface area (TPSA) is 119 Å². The predicted molar refractivity (Wildman–Crippen MR) is 137 cm³/mol. The number of benzene rings is 1. The Morgan fingerprint density at radius 1 is 1.05 bits per heavy atom. The first kappa shape index (κ1) is 28.3. The number of Topliss-reactive ketones (excluding diaryl/α,β-unsaturated/α-hetero) is 1. The van der Waals surface area contributed by atoms with Crippen molar-refractivity contribution >= 4 is 39.2 Å². The fourth-order valence-corrected chi connectivity index (χ4v) is 6.05. The van der Waals surface area contributed by atoms with Gasteiger partial charge in [0, 0.05) is 31.6 Å². The summed E-state index contributed by atoms with van der Waals surface area (Å²) in [6, 6.07) is 7.89. The molecule has 208 valence electrons. The quantitative estimate of drug-likeness (QED) is 0.416. The number of fused-ring (bicyclic) bond motifs is 1. The molecule has 9 nitrogen and oxygen atoms in total. The molecule has 0 bridgehead atoms. The molecule has 0 unspecified atom stereocenters. The smallest absolute Gasteiger partial charge is 0.390 e. The predicted octanol–water partition coefficient (Wildman–Crippen LogP) is 3.70. The zero-order chi connectivity index (χ0) is 28.5. The molecule has 0 radical (unpaired) electrons. The molecule has 3 aromatic rings. The number of hydrogen-bond donors (Lipinski definition) is 1. The molecule has 3 heterocycles. The Morgan fingerprint density at radius 3 is 2.28 bits per heavy atom. The number of aryl methyl sites for hydroxylation is 2. The molecule has 0 saturated carbocycles. The number of thiophene rings is 1. The van der Waals surface area contributed by atoms with Crippen molar-refractivity contribution in [3.63, 3.8) is 0 Å². The molecule has 0 aliphatic carbocycles. The molecule has 1 aromatic carbocycles. The second kappa shape index (κ2) is 11.2. The van der Waals surface area contributed by atoms with Gasteiger partial charge < -0.3 is 10.0 Å². The van der Waals surface area contributed by atoms with E-state index in [1.54, 1.807) is 18.2 Å². The lowest BCUT2D eigenvalue weighted by molar-refractivity contribution is -0.138. The lowest BCUT2D eigenvalue weighted by atomic mass is 9.93. The van der Waals surface area contributed by atoms with Crippen LogP contribution in [0.1, 0.15) is 51.3 Å². The first-order valence-corrected chi connectivity index (χ1v) is 13.1. The fraction of sp³-hybridized carbons (Fsp3) is 0.423. The highest BCUT2D eigenvalue weighted by Gasteiger charge is 2.31. The Balaban J connectivity index is 1.76. The number of aliphatic carboxylic acids is 1. The third-order valence-corrected chi connectivity index (χ3v) is 8.17. The summed E-state index contributed by atoms with van der Waals surface area (Å²) in [6.45, 7) is 0.626. The van der Waals surface area contributed by atoms with Crippen molar-refractivity contribution in [1.82, 2.24) is 14.0 Å². The van der Waals surface area contributed by atoms with Crippen molar-refractivity contribution in [2.75, 3.05) is 13.1 Å². The minimum absolute atomic E-state index is 0.00330. The van der Waals surface area contributed by atoms with Gasteiger partial charge in [0.25, 0.3) is 11.5 Å². The summed E-state index contributed by atoms with van der Waals surface area (Å²) in [5.41, 5.74) is -1.46. The number of piperidine rings is 1. The van der Waals surface area contributed by atoms with Crippen molar-refractivity contribution in [3.8, 4) is 0 Å². The highest BCUT2D eigenvalue weighted by molar-refractivity contribution is 7.20. The van der Waals surface area contributed by atoms with Crippen molar-refractivity contribution in [2.24, 2.45) is 5.92 Å². The van der Waals surface area contributed by atoms with Gasteiger partial charge in [0.1, 0.15) is 4.83 Å². The summed E-state index contributed by atoms with van der Waals surface area (Å²) in [5.74, 6) is -2.00. The molecule has 4 rings (SSSR count). The largest absolute Gasteiger partial charge is 0.481 e. The fourth-order valence-electron chi connectivity index (χ4n) is 4.76.